The Morgan fingerprint density at radius 1 is 1.19 bits per heavy atom. The number of aryl methyl sites for hydroxylation is 1. The number of rotatable bonds is 5. The van der Waals surface area contributed by atoms with E-state index in [1.165, 1.54) is 16.9 Å². The zero-order chi connectivity index (χ0) is 18.8. The van der Waals surface area contributed by atoms with Gasteiger partial charge in [-0.25, -0.2) is 0 Å². The van der Waals surface area contributed by atoms with Gasteiger partial charge in [-0.1, -0.05) is 30.3 Å². The molecule has 0 bridgehead atoms. The van der Waals surface area contributed by atoms with Crippen molar-refractivity contribution in [2.45, 2.75) is 26.4 Å². The van der Waals surface area contributed by atoms with Crippen LogP contribution in [-0.4, -0.2) is 20.7 Å². The summed E-state index contributed by atoms with van der Waals surface area (Å²) in [5.41, 5.74) is 3.16. The Bertz CT molecular complexity index is 1070. The van der Waals surface area contributed by atoms with Gasteiger partial charge in [0.2, 0.25) is 0 Å². The number of amides is 1. The number of pyridine rings is 1. The number of fused-ring (bicyclic) bond motifs is 1. The van der Waals surface area contributed by atoms with E-state index in [1.807, 2.05) is 54.9 Å². The largest absolute Gasteiger partial charge is 0.345 e. The smallest absolute Gasteiger partial charge is 0.261 e. The molecular formula is C21H20N4OS. The second-order valence-electron chi connectivity index (χ2n) is 6.53. The van der Waals surface area contributed by atoms with Crippen LogP contribution < -0.4 is 5.32 Å². The van der Waals surface area contributed by atoms with Crippen molar-refractivity contribution in [1.82, 2.24) is 20.1 Å². The van der Waals surface area contributed by atoms with Gasteiger partial charge in [-0.15, -0.1) is 11.3 Å². The predicted octanol–water partition coefficient (Wildman–Crippen LogP) is 4.34. The zero-order valence-electron chi connectivity index (χ0n) is 15.2. The van der Waals surface area contributed by atoms with Crippen LogP contribution in [0.2, 0.25) is 0 Å². The quantitative estimate of drug-likeness (QED) is 0.564. The van der Waals surface area contributed by atoms with E-state index in [2.05, 4.69) is 27.5 Å². The Hall–Kier alpha value is -2.99. The van der Waals surface area contributed by atoms with E-state index < -0.39 is 0 Å². The van der Waals surface area contributed by atoms with Crippen molar-refractivity contribution in [2.75, 3.05) is 0 Å². The van der Waals surface area contributed by atoms with Crippen molar-refractivity contribution in [2.24, 2.45) is 0 Å². The lowest BCUT2D eigenvalue weighted by Gasteiger charge is -2.13. The number of hydrogen-bond donors (Lipinski definition) is 1. The molecule has 6 heteroatoms. The number of thiophene rings is 1. The second-order valence-corrected chi connectivity index (χ2v) is 7.56. The molecule has 0 saturated carbocycles. The van der Waals surface area contributed by atoms with Gasteiger partial charge in [0.15, 0.2) is 0 Å². The maximum absolute atomic E-state index is 12.7. The standard InChI is InChI=1S/C21H20N4OS/c1-14(17-8-10-22-11-9-17)23-20(26)19-12-18-15(2)24-25(21(18)27-19)13-16-6-4-3-5-7-16/h3-12,14H,13H2,1-2H3,(H,23,26). The maximum atomic E-state index is 12.7. The number of carbonyl (C=O) groups is 1. The third-order valence-corrected chi connectivity index (χ3v) is 5.71. The fraction of sp³-hybridized carbons (Fsp3) is 0.190. The fourth-order valence-electron chi connectivity index (χ4n) is 3.09. The van der Waals surface area contributed by atoms with Crippen LogP contribution in [0.5, 0.6) is 0 Å². The van der Waals surface area contributed by atoms with E-state index in [9.17, 15) is 4.79 Å². The normalized spacial score (nSPS) is 12.2. The summed E-state index contributed by atoms with van der Waals surface area (Å²) in [6, 6.07) is 15.9. The van der Waals surface area contributed by atoms with Crippen LogP contribution in [0.15, 0.2) is 60.9 Å². The van der Waals surface area contributed by atoms with Crippen molar-refractivity contribution < 1.29 is 4.79 Å². The lowest BCUT2D eigenvalue weighted by molar-refractivity contribution is 0.0944. The molecule has 1 N–H and O–H groups in total. The summed E-state index contributed by atoms with van der Waals surface area (Å²) in [7, 11) is 0. The lowest BCUT2D eigenvalue weighted by atomic mass is 10.1. The van der Waals surface area contributed by atoms with Gasteiger partial charge in [0, 0.05) is 17.8 Å². The summed E-state index contributed by atoms with van der Waals surface area (Å²) in [5, 5.41) is 8.75. The topological polar surface area (TPSA) is 59.8 Å². The van der Waals surface area contributed by atoms with Crippen LogP contribution in [0.4, 0.5) is 0 Å². The summed E-state index contributed by atoms with van der Waals surface area (Å²) in [6.45, 7) is 4.65. The van der Waals surface area contributed by atoms with Crippen molar-refractivity contribution >= 4 is 27.5 Å². The molecule has 0 spiro atoms. The highest BCUT2D eigenvalue weighted by molar-refractivity contribution is 7.20. The molecule has 1 amide bonds. The van der Waals surface area contributed by atoms with Crippen molar-refractivity contribution in [1.29, 1.82) is 0 Å². The molecule has 27 heavy (non-hydrogen) atoms. The Morgan fingerprint density at radius 3 is 2.67 bits per heavy atom. The molecule has 0 radical (unpaired) electrons. The van der Waals surface area contributed by atoms with Crippen LogP contribution in [0.1, 0.15) is 39.5 Å². The number of nitrogens with one attached hydrogen (secondary N) is 1. The molecule has 0 aliphatic rings. The molecule has 0 aliphatic carbocycles. The number of benzene rings is 1. The first kappa shape index (κ1) is 17.4. The third kappa shape index (κ3) is 3.61. The van der Waals surface area contributed by atoms with Gasteiger partial charge >= 0.3 is 0 Å². The maximum Gasteiger partial charge on any atom is 0.261 e. The van der Waals surface area contributed by atoms with Crippen molar-refractivity contribution in [3.05, 3.63) is 82.6 Å². The Balaban J connectivity index is 1.58. The van der Waals surface area contributed by atoms with Crippen molar-refractivity contribution in [3.8, 4) is 0 Å². The highest BCUT2D eigenvalue weighted by Crippen LogP contribution is 2.29. The van der Waals surface area contributed by atoms with Crippen LogP contribution in [0.3, 0.4) is 0 Å². The van der Waals surface area contributed by atoms with Gasteiger partial charge in [-0.3, -0.25) is 14.5 Å². The Kier molecular flexibility index (Phi) is 4.73. The molecule has 0 saturated heterocycles. The van der Waals surface area contributed by atoms with Gasteiger partial charge in [-0.05, 0) is 43.2 Å². The fourth-order valence-corrected chi connectivity index (χ4v) is 4.16. The summed E-state index contributed by atoms with van der Waals surface area (Å²) in [6.07, 6.45) is 3.47. The van der Waals surface area contributed by atoms with E-state index in [-0.39, 0.29) is 11.9 Å². The molecule has 1 aromatic carbocycles. The highest BCUT2D eigenvalue weighted by Gasteiger charge is 2.18. The first-order valence-corrected chi connectivity index (χ1v) is 9.65. The minimum absolute atomic E-state index is 0.0637. The minimum Gasteiger partial charge on any atom is -0.345 e. The van der Waals surface area contributed by atoms with E-state index in [1.54, 1.807) is 12.4 Å². The van der Waals surface area contributed by atoms with Gasteiger partial charge in [0.05, 0.1) is 23.2 Å². The number of hydrogen-bond acceptors (Lipinski definition) is 4. The van der Waals surface area contributed by atoms with Gasteiger partial charge < -0.3 is 5.32 Å². The average Bonchev–Trinajstić information content (AvgIpc) is 3.25. The summed E-state index contributed by atoms with van der Waals surface area (Å²) in [5.74, 6) is -0.0637. The first-order chi connectivity index (χ1) is 13.1. The molecular weight excluding hydrogens is 356 g/mol. The van der Waals surface area contributed by atoms with Crippen LogP contribution in [-0.2, 0) is 6.54 Å². The third-order valence-electron chi connectivity index (χ3n) is 4.56. The van der Waals surface area contributed by atoms with E-state index in [4.69, 9.17) is 0 Å². The molecule has 0 aliphatic heterocycles. The lowest BCUT2D eigenvalue weighted by Crippen LogP contribution is -2.25. The van der Waals surface area contributed by atoms with Crippen LogP contribution >= 0.6 is 11.3 Å². The molecule has 4 rings (SSSR count). The van der Waals surface area contributed by atoms with Crippen LogP contribution in [0, 0.1) is 6.92 Å². The van der Waals surface area contributed by atoms with E-state index >= 15 is 0 Å². The van der Waals surface area contributed by atoms with Crippen LogP contribution in [0.25, 0.3) is 10.2 Å². The molecule has 1 atom stereocenters. The second kappa shape index (κ2) is 7.32. The predicted molar refractivity (Wildman–Crippen MR) is 108 cm³/mol. The molecule has 3 aromatic heterocycles. The minimum atomic E-state index is -0.0763. The molecule has 4 aromatic rings. The molecule has 5 nitrogen and oxygen atoms in total. The Labute approximate surface area is 161 Å². The average molecular weight is 376 g/mol. The van der Waals surface area contributed by atoms with E-state index in [0.29, 0.717) is 11.4 Å². The first-order valence-electron chi connectivity index (χ1n) is 8.83. The molecule has 1 unspecified atom stereocenters. The molecule has 136 valence electrons. The summed E-state index contributed by atoms with van der Waals surface area (Å²) < 4.78 is 1.98. The molecule has 3 heterocycles. The summed E-state index contributed by atoms with van der Waals surface area (Å²) in [4.78, 5) is 18.5. The molecule has 0 fully saturated rings. The number of aromatic nitrogens is 3. The summed E-state index contributed by atoms with van der Waals surface area (Å²) >= 11 is 1.49. The van der Waals surface area contributed by atoms with Gasteiger partial charge in [0.25, 0.3) is 5.91 Å². The highest BCUT2D eigenvalue weighted by atomic mass is 32.1. The van der Waals surface area contributed by atoms with E-state index in [0.717, 1.165) is 21.5 Å². The van der Waals surface area contributed by atoms with Gasteiger partial charge in [0.1, 0.15) is 4.83 Å². The zero-order valence-corrected chi connectivity index (χ0v) is 16.0. The van der Waals surface area contributed by atoms with Gasteiger partial charge in [-0.2, -0.15) is 5.10 Å². The number of carbonyl (C=O) groups excluding carboxylic acids is 1. The Morgan fingerprint density at radius 2 is 1.93 bits per heavy atom. The number of nitrogens with zero attached hydrogens (tertiary/aromatic N) is 3. The monoisotopic (exact) mass is 376 g/mol. The van der Waals surface area contributed by atoms with Crippen molar-refractivity contribution in [3.63, 3.8) is 0 Å². The SMILES string of the molecule is Cc1nn(Cc2ccccc2)c2sc(C(=O)NC(C)c3ccncc3)cc12.